The van der Waals surface area contributed by atoms with E-state index >= 15 is 0 Å². The number of nitrogens with zero attached hydrogens (tertiary/aromatic N) is 1. The molecule has 0 aliphatic carbocycles. The summed E-state index contributed by atoms with van der Waals surface area (Å²) in [6.45, 7) is 6.65. The number of aliphatic hydroxyl groups excluding tert-OH is 1. The molecule has 6 atom stereocenters. The SMILES string of the molecule is CC(C)(C)OC(=O)N1[C@H](CO)C[C@H]2O[C@H](COCc3ccccc3)[C@@H](OCc3ccccc3)[C@H](OCc3ccccc3)[C@H]21. The first-order chi connectivity index (χ1) is 20.8. The van der Waals surface area contributed by atoms with Crippen LogP contribution in [0.2, 0.25) is 0 Å². The first-order valence-corrected chi connectivity index (χ1v) is 15.0. The van der Waals surface area contributed by atoms with Gasteiger partial charge in [-0.1, -0.05) is 91.0 Å². The van der Waals surface area contributed by atoms with E-state index in [-0.39, 0.29) is 13.2 Å². The van der Waals surface area contributed by atoms with E-state index in [0.29, 0.717) is 26.2 Å². The fourth-order valence-corrected chi connectivity index (χ4v) is 5.84. The van der Waals surface area contributed by atoms with Gasteiger partial charge in [0, 0.05) is 0 Å². The molecule has 3 aromatic rings. The predicted molar refractivity (Wildman–Crippen MR) is 162 cm³/mol. The summed E-state index contributed by atoms with van der Waals surface area (Å²) in [5.41, 5.74) is 2.37. The van der Waals surface area contributed by atoms with Crippen LogP contribution in [-0.4, -0.2) is 71.4 Å². The number of carbonyl (C=O) groups is 1. The van der Waals surface area contributed by atoms with Crippen LogP contribution in [0.15, 0.2) is 91.0 Å². The second-order valence-corrected chi connectivity index (χ2v) is 12.2. The lowest BCUT2D eigenvalue weighted by atomic mass is 9.92. The minimum atomic E-state index is -0.706. The summed E-state index contributed by atoms with van der Waals surface area (Å²) in [5, 5.41) is 10.4. The van der Waals surface area contributed by atoms with Crippen molar-refractivity contribution in [3.05, 3.63) is 108 Å². The van der Waals surface area contributed by atoms with E-state index in [1.165, 1.54) is 0 Å². The molecule has 0 unspecified atom stereocenters. The zero-order valence-electron chi connectivity index (χ0n) is 25.2. The van der Waals surface area contributed by atoms with Crippen molar-refractivity contribution in [3.8, 4) is 0 Å². The maximum absolute atomic E-state index is 13.6. The van der Waals surface area contributed by atoms with E-state index in [1.54, 1.807) is 4.90 Å². The van der Waals surface area contributed by atoms with Gasteiger partial charge in [-0.3, -0.25) is 4.90 Å². The standard InChI is InChI=1S/C35H43NO7/c1-35(2,3)43-34(38)36-28(20-37)19-29-31(36)33(41-23-27-17-11-6-12-18-27)32(40-22-26-15-9-5-10-16-26)30(42-29)24-39-21-25-13-7-4-8-14-25/h4-18,28-33,37H,19-24H2,1-3H3/t28-,29+,30+,31-,32+,33+/m0/s1. The molecule has 0 radical (unpaired) electrons. The molecule has 5 rings (SSSR count). The number of fused-ring (bicyclic) bond motifs is 1. The van der Waals surface area contributed by atoms with Gasteiger partial charge >= 0.3 is 6.09 Å². The highest BCUT2D eigenvalue weighted by atomic mass is 16.6. The highest BCUT2D eigenvalue weighted by molar-refractivity contribution is 5.70. The third kappa shape index (κ3) is 8.22. The molecule has 0 spiro atoms. The summed E-state index contributed by atoms with van der Waals surface area (Å²) < 4.78 is 32.0. The predicted octanol–water partition coefficient (Wildman–Crippen LogP) is 5.51. The van der Waals surface area contributed by atoms with Crippen LogP contribution in [0.4, 0.5) is 4.79 Å². The largest absolute Gasteiger partial charge is 0.444 e. The number of hydrogen-bond acceptors (Lipinski definition) is 7. The van der Waals surface area contributed by atoms with Gasteiger partial charge in [-0.2, -0.15) is 0 Å². The second kappa shape index (κ2) is 14.5. The van der Waals surface area contributed by atoms with Crippen molar-refractivity contribution in [2.75, 3.05) is 13.2 Å². The lowest BCUT2D eigenvalue weighted by Gasteiger charge is -2.46. The van der Waals surface area contributed by atoms with Crippen LogP contribution in [0, 0.1) is 0 Å². The Bertz CT molecular complexity index is 1270. The molecule has 8 nitrogen and oxygen atoms in total. The Morgan fingerprint density at radius 3 is 1.84 bits per heavy atom. The number of carbonyl (C=O) groups excluding carboxylic acids is 1. The maximum atomic E-state index is 13.6. The zero-order chi connectivity index (χ0) is 30.2. The average molecular weight is 590 g/mol. The molecule has 0 aromatic heterocycles. The lowest BCUT2D eigenvalue weighted by molar-refractivity contribution is -0.234. The number of amides is 1. The van der Waals surface area contributed by atoms with E-state index in [0.717, 1.165) is 16.7 Å². The fourth-order valence-electron chi connectivity index (χ4n) is 5.84. The van der Waals surface area contributed by atoms with Gasteiger partial charge in [0.1, 0.15) is 23.9 Å². The molecule has 1 amide bonds. The molecule has 0 saturated carbocycles. The van der Waals surface area contributed by atoms with Crippen LogP contribution in [0.25, 0.3) is 0 Å². The van der Waals surface area contributed by atoms with E-state index in [4.69, 9.17) is 23.7 Å². The van der Waals surface area contributed by atoms with Gasteiger partial charge in [0.2, 0.25) is 0 Å². The molecule has 2 aliphatic heterocycles. The minimum absolute atomic E-state index is 0.217. The van der Waals surface area contributed by atoms with Crippen molar-refractivity contribution in [1.82, 2.24) is 4.90 Å². The molecule has 2 heterocycles. The highest BCUT2D eigenvalue weighted by Crippen LogP contribution is 2.39. The zero-order valence-corrected chi connectivity index (χ0v) is 25.2. The molecule has 8 heteroatoms. The van der Waals surface area contributed by atoms with Gasteiger partial charge in [0.25, 0.3) is 0 Å². The molecule has 2 aliphatic rings. The molecule has 0 bridgehead atoms. The third-order valence-electron chi connectivity index (χ3n) is 7.76. The van der Waals surface area contributed by atoms with Crippen molar-refractivity contribution in [3.63, 3.8) is 0 Å². The Hall–Kier alpha value is -3.27. The van der Waals surface area contributed by atoms with Crippen molar-refractivity contribution < 1.29 is 33.6 Å². The minimum Gasteiger partial charge on any atom is -0.444 e. The molecule has 1 N–H and O–H groups in total. The normalized spacial score (nSPS) is 25.3. The number of likely N-dealkylation sites (tertiary alicyclic amines) is 1. The Morgan fingerprint density at radius 2 is 1.33 bits per heavy atom. The Balaban J connectivity index is 1.45. The number of rotatable bonds is 11. The summed E-state index contributed by atoms with van der Waals surface area (Å²) in [5.74, 6) is 0. The smallest absolute Gasteiger partial charge is 0.411 e. The Labute approximate surface area is 254 Å². The van der Waals surface area contributed by atoms with E-state index in [1.807, 2.05) is 112 Å². The molecular weight excluding hydrogens is 546 g/mol. The third-order valence-corrected chi connectivity index (χ3v) is 7.76. The summed E-state index contributed by atoms with van der Waals surface area (Å²) in [6.07, 6.45) is -2.05. The molecule has 2 saturated heterocycles. The van der Waals surface area contributed by atoms with Crippen LogP contribution in [0.5, 0.6) is 0 Å². The van der Waals surface area contributed by atoms with Crippen molar-refractivity contribution in [2.24, 2.45) is 0 Å². The molecule has 3 aromatic carbocycles. The number of aliphatic hydroxyl groups is 1. The molecule has 43 heavy (non-hydrogen) atoms. The number of benzene rings is 3. The Morgan fingerprint density at radius 1 is 0.814 bits per heavy atom. The second-order valence-electron chi connectivity index (χ2n) is 12.2. The van der Waals surface area contributed by atoms with Crippen molar-refractivity contribution in [2.45, 2.75) is 89.1 Å². The molecular formula is C35H43NO7. The van der Waals surface area contributed by atoms with Crippen LogP contribution in [-0.2, 0) is 43.5 Å². The molecule has 2 fully saturated rings. The number of ether oxygens (including phenoxy) is 5. The van der Waals surface area contributed by atoms with Crippen molar-refractivity contribution >= 4 is 6.09 Å². The first kappa shape index (κ1) is 31.2. The highest BCUT2D eigenvalue weighted by Gasteiger charge is 2.57. The van der Waals surface area contributed by atoms with Gasteiger partial charge < -0.3 is 28.8 Å². The van der Waals surface area contributed by atoms with Crippen LogP contribution in [0.3, 0.4) is 0 Å². The quantitative estimate of drug-likeness (QED) is 0.316. The van der Waals surface area contributed by atoms with Gasteiger partial charge in [0.15, 0.2) is 0 Å². The topological polar surface area (TPSA) is 86.7 Å². The summed E-state index contributed by atoms with van der Waals surface area (Å²) in [4.78, 5) is 15.2. The monoisotopic (exact) mass is 589 g/mol. The fraction of sp³-hybridized carbons (Fsp3) is 0.457. The molecule has 230 valence electrons. The summed E-state index contributed by atoms with van der Waals surface area (Å²) in [6, 6.07) is 28.8. The lowest BCUT2D eigenvalue weighted by Crippen LogP contribution is -2.64. The average Bonchev–Trinajstić information content (AvgIpc) is 3.38. The van der Waals surface area contributed by atoms with E-state index < -0.39 is 48.2 Å². The Kier molecular flexibility index (Phi) is 10.5. The van der Waals surface area contributed by atoms with Crippen molar-refractivity contribution in [1.29, 1.82) is 0 Å². The van der Waals surface area contributed by atoms with Gasteiger partial charge in [0.05, 0.1) is 51.2 Å². The summed E-state index contributed by atoms with van der Waals surface area (Å²) >= 11 is 0. The summed E-state index contributed by atoms with van der Waals surface area (Å²) in [7, 11) is 0. The van der Waals surface area contributed by atoms with Gasteiger partial charge in [-0.25, -0.2) is 4.79 Å². The van der Waals surface area contributed by atoms with Crippen LogP contribution < -0.4 is 0 Å². The number of hydrogen-bond donors (Lipinski definition) is 1. The van der Waals surface area contributed by atoms with Crippen LogP contribution in [0.1, 0.15) is 43.9 Å². The maximum Gasteiger partial charge on any atom is 0.411 e. The van der Waals surface area contributed by atoms with Gasteiger partial charge in [-0.15, -0.1) is 0 Å². The van der Waals surface area contributed by atoms with Crippen LogP contribution >= 0.6 is 0 Å². The first-order valence-electron chi connectivity index (χ1n) is 15.0. The van der Waals surface area contributed by atoms with Gasteiger partial charge in [-0.05, 0) is 43.9 Å². The van der Waals surface area contributed by atoms with E-state index in [2.05, 4.69) is 0 Å². The van der Waals surface area contributed by atoms with E-state index in [9.17, 15) is 9.90 Å².